The summed E-state index contributed by atoms with van der Waals surface area (Å²) in [5.74, 6) is -3.30. The van der Waals surface area contributed by atoms with E-state index in [1.165, 1.54) is 0 Å². The molecular formula is C22H16FNO4. The predicted molar refractivity (Wildman–Crippen MR) is 102 cm³/mol. The number of carbonyl (C=O) groups is 2. The molecule has 0 aliphatic heterocycles. The molecular weight excluding hydrogens is 361 g/mol. The minimum absolute atomic E-state index is 0.0330. The van der Waals surface area contributed by atoms with Gasteiger partial charge in [-0.05, 0) is 34.4 Å². The predicted octanol–water partition coefficient (Wildman–Crippen LogP) is 4.08. The highest BCUT2D eigenvalue weighted by Crippen LogP contribution is 2.44. The van der Waals surface area contributed by atoms with E-state index in [0.29, 0.717) is 0 Å². The fourth-order valence-electron chi connectivity index (χ4n) is 3.64. The van der Waals surface area contributed by atoms with Crippen LogP contribution >= 0.6 is 0 Å². The molecule has 0 bridgehead atoms. The van der Waals surface area contributed by atoms with Crippen molar-refractivity contribution in [3.8, 4) is 11.1 Å². The van der Waals surface area contributed by atoms with Crippen molar-refractivity contribution >= 4 is 17.6 Å². The second-order valence-corrected chi connectivity index (χ2v) is 6.55. The quantitative estimate of drug-likeness (QED) is 0.528. The van der Waals surface area contributed by atoms with Gasteiger partial charge in [-0.25, -0.2) is 14.0 Å². The summed E-state index contributed by atoms with van der Waals surface area (Å²) in [5.41, 5.74) is 8.90. The molecule has 0 amide bonds. The van der Waals surface area contributed by atoms with E-state index in [4.69, 9.17) is 15.6 Å². The first-order chi connectivity index (χ1) is 13.5. The number of carboxylic acid groups (broad SMARTS) is 1. The molecule has 0 heterocycles. The molecule has 1 aliphatic rings. The Morgan fingerprint density at radius 2 is 1.50 bits per heavy atom. The van der Waals surface area contributed by atoms with E-state index in [1.54, 1.807) is 0 Å². The van der Waals surface area contributed by atoms with Gasteiger partial charge in [0, 0.05) is 5.92 Å². The van der Waals surface area contributed by atoms with Gasteiger partial charge in [-0.3, -0.25) is 0 Å². The number of halogens is 1. The maximum atomic E-state index is 13.7. The van der Waals surface area contributed by atoms with Gasteiger partial charge in [0.15, 0.2) is 0 Å². The molecule has 28 heavy (non-hydrogen) atoms. The van der Waals surface area contributed by atoms with Crippen LogP contribution in [0.3, 0.4) is 0 Å². The van der Waals surface area contributed by atoms with E-state index < -0.39 is 23.3 Å². The Morgan fingerprint density at radius 3 is 2.07 bits per heavy atom. The second kappa shape index (κ2) is 6.81. The zero-order chi connectivity index (χ0) is 19.8. The van der Waals surface area contributed by atoms with Crippen LogP contribution in [0.5, 0.6) is 0 Å². The Morgan fingerprint density at radius 1 is 0.964 bits per heavy atom. The lowest BCUT2D eigenvalue weighted by Crippen LogP contribution is -2.16. The molecule has 0 radical (unpaired) electrons. The monoisotopic (exact) mass is 377 g/mol. The van der Waals surface area contributed by atoms with E-state index in [-0.39, 0.29) is 23.8 Å². The number of rotatable bonds is 4. The third kappa shape index (κ3) is 2.89. The Kier molecular flexibility index (Phi) is 4.31. The van der Waals surface area contributed by atoms with E-state index in [9.17, 15) is 14.0 Å². The molecule has 1 aliphatic carbocycles. The zero-order valence-corrected chi connectivity index (χ0v) is 14.7. The molecule has 0 aromatic heterocycles. The van der Waals surface area contributed by atoms with Gasteiger partial charge in [-0.2, -0.15) is 0 Å². The molecule has 140 valence electrons. The van der Waals surface area contributed by atoms with Crippen molar-refractivity contribution in [3.05, 3.63) is 88.7 Å². The number of aromatic carboxylic acids is 1. The molecule has 0 unspecified atom stereocenters. The van der Waals surface area contributed by atoms with Crippen molar-refractivity contribution in [3.63, 3.8) is 0 Å². The average molecular weight is 377 g/mol. The van der Waals surface area contributed by atoms with Crippen LogP contribution < -0.4 is 5.73 Å². The minimum Gasteiger partial charge on any atom is -0.478 e. The summed E-state index contributed by atoms with van der Waals surface area (Å²) >= 11 is 0. The lowest BCUT2D eigenvalue weighted by molar-refractivity contribution is 0.0494. The Bertz CT molecular complexity index is 1060. The van der Waals surface area contributed by atoms with E-state index >= 15 is 0 Å². The minimum atomic E-state index is -1.41. The molecule has 3 aromatic carbocycles. The fourth-order valence-corrected chi connectivity index (χ4v) is 3.64. The molecule has 3 aromatic rings. The molecule has 3 N–H and O–H groups in total. The van der Waals surface area contributed by atoms with Gasteiger partial charge >= 0.3 is 11.9 Å². The van der Waals surface area contributed by atoms with Gasteiger partial charge in [-0.1, -0.05) is 48.5 Å². The fraction of sp³-hybridized carbons (Fsp3) is 0.0909. The normalized spacial score (nSPS) is 12.3. The highest BCUT2D eigenvalue weighted by molar-refractivity contribution is 6.03. The number of ether oxygens (including phenoxy) is 1. The van der Waals surface area contributed by atoms with Crippen molar-refractivity contribution in [2.45, 2.75) is 5.92 Å². The topological polar surface area (TPSA) is 89.6 Å². The van der Waals surface area contributed by atoms with Crippen molar-refractivity contribution < 1.29 is 23.8 Å². The number of anilines is 1. The van der Waals surface area contributed by atoms with Gasteiger partial charge in [0.05, 0.1) is 16.8 Å². The lowest BCUT2D eigenvalue weighted by atomic mass is 9.98. The molecule has 0 atom stereocenters. The van der Waals surface area contributed by atoms with Crippen molar-refractivity contribution in [2.75, 3.05) is 12.3 Å². The first-order valence-corrected chi connectivity index (χ1v) is 8.65. The number of fused-ring (bicyclic) bond motifs is 3. The van der Waals surface area contributed by atoms with Crippen LogP contribution in [0.15, 0.2) is 60.7 Å². The third-order valence-corrected chi connectivity index (χ3v) is 4.94. The third-order valence-electron chi connectivity index (χ3n) is 4.94. The van der Waals surface area contributed by atoms with Crippen LogP contribution in [0.2, 0.25) is 0 Å². The number of hydrogen-bond donors (Lipinski definition) is 2. The molecule has 0 saturated carbocycles. The summed E-state index contributed by atoms with van der Waals surface area (Å²) < 4.78 is 19.2. The SMILES string of the molecule is Nc1c(C(=O)O)cc(F)cc1C(=O)OCC1c2ccccc2-c2ccccc21. The molecule has 0 spiro atoms. The van der Waals surface area contributed by atoms with Crippen LogP contribution in [0.1, 0.15) is 37.8 Å². The van der Waals surface area contributed by atoms with Gasteiger partial charge in [0.25, 0.3) is 0 Å². The van der Waals surface area contributed by atoms with Crippen molar-refractivity contribution in [2.24, 2.45) is 0 Å². The van der Waals surface area contributed by atoms with Crippen LogP contribution in [0.4, 0.5) is 10.1 Å². The molecule has 4 rings (SSSR count). The molecule has 0 fully saturated rings. The Hall–Kier alpha value is -3.67. The van der Waals surface area contributed by atoms with Crippen molar-refractivity contribution in [1.82, 2.24) is 0 Å². The summed E-state index contributed by atoms with van der Waals surface area (Å²) in [6.07, 6.45) is 0. The van der Waals surface area contributed by atoms with E-state index in [2.05, 4.69) is 0 Å². The maximum Gasteiger partial charge on any atom is 0.340 e. The number of carboxylic acids is 1. The largest absolute Gasteiger partial charge is 0.478 e. The highest BCUT2D eigenvalue weighted by Gasteiger charge is 2.29. The van der Waals surface area contributed by atoms with Crippen LogP contribution in [0.25, 0.3) is 11.1 Å². The number of hydrogen-bond acceptors (Lipinski definition) is 4. The summed E-state index contributed by atoms with van der Waals surface area (Å²) in [6, 6.07) is 17.4. The van der Waals surface area contributed by atoms with Crippen LogP contribution in [-0.2, 0) is 4.74 Å². The first kappa shape index (κ1) is 17.7. The van der Waals surface area contributed by atoms with Gasteiger partial charge in [-0.15, -0.1) is 0 Å². The van der Waals surface area contributed by atoms with Crippen LogP contribution in [0, 0.1) is 5.82 Å². The lowest BCUT2D eigenvalue weighted by Gasteiger charge is -2.15. The smallest absolute Gasteiger partial charge is 0.340 e. The summed E-state index contributed by atoms with van der Waals surface area (Å²) in [6.45, 7) is 0.0330. The first-order valence-electron chi connectivity index (χ1n) is 8.65. The zero-order valence-electron chi connectivity index (χ0n) is 14.7. The summed E-state index contributed by atoms with van der Waals surface area (Å²) in [5, 5.41) is 9.12. The van der Waals surface area contributed by atoms with Crippen molar-refractivity contribution in [1.29, 1.82) is 0 Å². The maximum absolute atomic E-state index is 13.7. The highest BCUT2D eigenvalue weighted by atomic mass is 19.1. The van der Waals surface area contributed by atoms with Gasteiger partial charge in [0.1, 0.15) is 12.4 Å². The molecule has 5 nitrogen and oxygen atoms in total. The Balaban J connectivity index is 1.62. The molecule has 6 heteroatoms. The molecule has 0 saturated heterocycles. The summed E-state index contributed by atoms with van der Waals surface area (Å²) in [7, 11) is 0. The van der Waals surface area contributed by atoms with E-state index in [1.807, 2.05) is 48.5 Å². The second-order valence-electron chi connectivity index (χ2n) is 6.55. The number of benzene rings is 3. The average Bonchev–Trinajstić information content (AvgIpc) is 3.01. The van der Waals surface area contributed by atoms with E-state index in [0.717, 1.165) is 34.4 Å². The van der Waals surface area contributed by atoms with Crippen LogP contribution in [-0.4, -0.2) is 23.7 Å². The summed E-state index contributed by atoms with van der Waals surface area (Å²) in [4.78, 5) is 23.7. The Labute approximate surface area is 160 Å². The van der Waals surface area contributed by atoms with Gasteiger partial charge in [0.2, 0.25) is 0 Å². The number of nitrogens with two attached hydrogens (primary N) is 1. The number of esters is 1. The standard InChI is InChI=1S/C22H16FNO4/c23-12-9-17(21(25)26)20(24)18(10-12)22(27)28-11-19-15-7-3-1-5-13(15)14-6-2-4-8-16(14)19/h1-10,19H,11,24H2,(H,25,26). The number of nitrogen functional groups attached to an aromatic ring is 1. The number of carbonyl (C=O) groups excluding carboxylic acids is 1. The van der Waals surface area contributed by atoms with Gasteiger partial charge < -0.3 is 15.6 Å².